The summed E-state index contributed by atoms with van der Waals surface area (Å²) in [7, 11) is 0. The molecule has 3 heterocycles. The predicted octanol–water partition coefficient (Wildman–Crippen LogP) is 2.77. The first kappa shape index (κ1) is 15.9. The van der Waals surface area contributed by atoms with E-state index < -0.39 is 11.9 Å². The number of anilines is 2. The van der Waals surface area contributed by atoms with Crippen molar-refractivity contribution in [3.63, 3.8) is 0 Å². The first-order valence-corrected chi connectivity index (χ1v) is 7.37. The zero-order valence-corrected chi connectivity index (χ0v) is 12.7. The van der Waals surface area contributed by atoms with E-state index in [2.05, 4.69) is 15.1 Å². The summed E-state index contributed by atoms with van der Waals surface area (Å²) in [6.07, 6.45) is -0.257. The number of nitrogen functional groups attached to an aromatic ring is 1. The van der Waals surface area contributed by atoms with Gasteiger partial charge in [0, 0.05) is 19.3 Å². The number of rotatable bonds is 2. The molecule has 124 valence electrons. The molecule has 1 aliphatic heterocycles. The number of hydrogen-bond donors (Lipinski definition) is 1. The maximum atomic E-state index is 12.7. The highest BCUT2D eigenvalue weighted by Gasteiger charge is 2.34. The van der Waals surface area contributed by atoms with E-state index in [1.807, 2.05) is 4.90 Å². The highest BCUT2D eigenvalue weighted by atomic mass is 35.5. The van der Waals surface area contributed by atoms with Gasteiger partial charge in [0.2, 0.25) is 0 Å². The van der Waals surface area contributed by atoms with Crippen molar-refractivity contribution < 1.29 is 13.2 Å². The van der Waals surface area contributed by atoms with Crippen molar-refractivity contribution >= 4 is 23.2 Å². The second-order valence-electron chi connectivity index (χ2n) is 5.32. The Morgan fingerprint density at radius 3 is 2.78 bits per heavy atom. The monoisotopic (exact) mass is 346 g/mol. The Morgan fingerprint density at radius 2 is 2.09 bits per heavy atom. The second kappa shape index (κ2) is 5.88. The molecule has 0 amide bonds. The van der Waals surface area contributed by atoms with Crippen molar-refractivity contribution in [2.45, 2.75) is 25.1 Å². The SMILES string of the molecule is Nc1ncnc(N2CCCC(n3ccc(C(F)(F)F)n3)C2)c1Cl. The van der Waals surface area contributed by atoms with Gasteiger partial charge in [0.05, 0.1) is 6.04 Å². The van der Waals surface area contributed by atoms with Gasteiger partial charge in [-0.3, -0.25) is 4.68 Å². The van der Waals surface area contributed by atoms with Crippen LogP contribution < -0.4 is 10.6 Å². The fourth-order valence-electron chi connectivity index (χ4n) is 2.65. The number of hydrogen-bond acceptors (Lipinski definition) is 5. The Kier molecular flexibility index (Phi) is 4.05. The van der Waals surface area contributed by atoms with Crippen LogP contribution in [0.5, 0.6) is 0 Å². The van der Waals surface area contributed by atoms with E-state index in [4.69, 9.17) is 17.3 Å². The number of aromatic nitrogens is 4. The maximum absolute atomic E-state index is 12.7. The van der Waals surface area contributed by atoms with Crippen molar-refractivity contribution in [1.29, 1.82) is 0 Å². The minimum absolute atomic E-state index is 0.178. The van der Waals surface area contributed by atoms with E-state index in [-0.39, 0.29) is 16.9 Å². The molecule has 0 bridgehead atoms. The minimum atomic E-state index is -4.44. The number of nitrogens with two attached hydrogens (primary N) is 1. The smallest absolute Gasteiger partial charge is 0.382 e. The first-order valence-electron chi connectivity index (χ1n) is 6.99. The number of halogens is 4. The van der Waals surface area contributed by atoms with Crippen molar-refractivity contribution in [2.24, 2.45) is 0 Å². The van der Waals surface area contributed by atoms with Crippen molar-refractivity contribution in [1.82, 2.24) is 19.7 Å². The Bertz CT molecular complexity index is 701. The molecule has 0 radical (unpaired) electrons. The van der Waals surface area contributed by atoms with Crippen molar-refractivity contribution in [3.8, 4) is 0 Å². The molecule has 3 rings (SSSR count). The molecule has 1 unspecified atom stereocenters. The summed E-state index contributed by atoms with van der Waals surface area (Å²) in [4.78, 5) is 9.83. The van der Waals surface area contributed by atoms with E-state index in [1.165, 1.54) is 17.2 Å². The van der Waals surface area contributed by atoms with Crippen LogP contribution in [0.25, 0.3) is 0 Å². The summed E-state index contributed by atoms with van der Waals surface area (Å²) in [5.74, 6) is 0.671. The van der Waals surface area contributed by atoms with Gasteiger partial charge in [0.25, 0.3) is 0 Å². The van der Waals surface area contributed by atoms with Crippen LogP contribution in [0.1, 0.15) is 24.6 Å². The molecule has 0 aliphatic carbocycles. The predicted molar refractivity (Wildman–Crippen MR) is 79.2 cm³/mol. The van der Waals surface area contributed by atoms with Gasteiger partial charge in [-0.25, -0.2) is 9.97 Å². The Hall–Kier alpha value is -2.03. The number of nitrogens with zero attached hydrogens (tertiary/aromatic N) is 5. The third-order valence-corrected chi connectivity index (χ3v) is 4.13. The normalized spacial score (nSPS) is 19.1. The molecular formula is C13H14ClF3N6. The average Bonchev–Trinajstić information content (AvgIpc) is 3.00. The molecule has 0 saturated carbocycles. The topological polar surface area (TPSA) is 72.9 Å². The average molecular weight is 347 g/mol. The molecule has 1 fully saturated rings. The Balaban J connectivity index is 1.81. The lowest BCUT2D eigenvalue weighted by Crippen LogP contribution is -2.37. The van der Waals surface area contributed by atoms with E-state index in [0.29, 0.717) is 18.9 Å². The Labute approximate surface area is 135 Å². The highest BCUT2D eigenvalue weighted by Crippen LogP contribution is 2.33. The first-order chi connectivity index (χ1) is 10.9. The highest BCUT2D eigenvalue weighted by molar-refractivity contribution is 6.35. The molecular weight excluding hydrogens is 333 g/mol. The number of alkyl halides is 3. The second-order valence-corrected chi connectivity index (χ2v) is 5.70. The maximum Gasteiger partial charge on any atom is 0.435 e. The molecule has 0 spiro atoms. The van der Waals surface area contributed by atoms with Gasteiger partial charge in [0.15, 0.2) is 11.5 Å². The van der Waals surface area contributed by atoms with Gasteiger partial charge in [-0.2, -0.15) is 18.3 Å². The standard InChI is InChI=1S/C13H14ClF3N6/c14-10-11(18)19-7-20-12(10)22-4-1-2-8(6-22)23-5-3-9(21-23)13(15,16)17/h3,5,7-8H,1-2,4,6H2,(H2,18,19,20). The molecule has 2 aromatic heterocycles. The van der Waals surface area contributed by atoms with Crippen LogP contribution in [0.4, 0.5) is 24.8 Å². The summed E-state index contributed by atoms with van der Waals surface area (Å²) in [5, 5.41) is 3.90. The van der Waals surface area contributed by atoms with Gasteiger partial charge >= 0.3 is 6.18 Å². The molecule has 1 aliphatic rings. The van der Waals surface area contributed by atoms with E-state index in [9.17, 15) is 13.2 Å². The molecule has 2 aromatic rings. The molecule has 1 atom stereocenters. The third kappa shape index (κ3) is 3.19. The molecule has 10 heteroatoms. The lowest BCUT2D eigenvalue weighted by Gasteiger charge is -2.34. The Morgan fingerprint density at radius 1 is 1.30 bits per heavy atom. The van der Waals surface area contributed by atoms with Gasteiger partial charge in [-0.1, -0.05) is 11.6 Å². The lowest BCUT2D eigenvalue weighted by atomic mass is 10.1. The molecule has 6 nitrogen and oxygen atoms in total. The van der Waals surface area contributed by atoms with Crippen LogP contribution in [0.15, 0.2) is 18.6 Å². The van der Waals surface area contributed by atoms with Crippen LogP contribution in [0.2, 0.25) is 5.02 Å². The van der Waals surface area contributed by atoms with E-state index in [1.54, 1.807) is 0 Å². The van der Waals surface area contributed by atoms with Gasteiger partial charge < -0.3 is 10.6 Å². The van der Waals surface area contributed by atoms with E-state index >= 15 is 0 Å². The van der Waals surface area contributed by atoms with Gasteiger partial charge in [0.1, 0.15) is 17.2 Å². The quantitative estimate of drug-likeness (QED) is 0.905. The fraction of sp³-hybridized carbons (Fsp3) is 0.462. The number of piperidine rings is 1. The fourth-order valence-corrected chi connectivity index (χ4v) is 2.87. The zero-order chi connectivity index (χ0) is 16.6. The summed E-state index contributed by atoms with van der Waals surface area (Å²) in [6.45, 7) is 1.15. The zero-order valence-electron chi connectivity index (χ0n) is 12.0. The summed E-state index contributed by atoms with van der Waals surface area (Å²) in [6, 6.07) is 0.793. The summed E-state index contributed by atoms with van der Waals surface area (Å²) < 4.78 is 39.4. The minimum Gasteiger partial charge on any atom is -0.382 e. The van der Waals surface area contributed by atoms with Crippen molar-refractivity contribution in [3.05, 3.63) is 29.3 Å². The molecule has 2 N–H and O–H groups in total. The van der Waals surface area contributed by atoms with Gasteiger partial charge in [-0.15, -0.1) is 0 Å². The van der Waals surface area contributed by atoms with Crippen LogP contribution in [0.3, 0.4) is 0 Å². The van der Waals surface area contributed by atoms with E-state index in [0.717, 1.165) is 18.9 Å². The largest absolute Gasteiger partial charge is 0.435 e. The molecule has 23 heavy (non-hydrogen) atoms. The third-order valence-electron chi connectivity index (χ3n) is 3.77. The van der Waals surface area contributed by atoms with Crippen LogP contribution >= 0.6 is 11.6 Å². The molecule has 1 saturated heterocycles. The van der Waals surface area contributed by atoms with Gasteiger partial charge in [-0.05, 0) is 18.9 Å². The lowest BCUT2D eigenvalue weighted by molar-refractivity contribution is -0.141. The molecule has 0 aromatic carbocycles. The van der Waals surface area contributed by atoms with Crippen LogP contribution in [-0.4, -0.2) is 32.8 Å². The summed E-state index contributed by atoms with van der Waals surface area (Å²) in [5.41, 5.74) is 4.78. The van der Waals surface area contributed by atoms with Crippen LogP contribution in [-0.2, 0) is 6.18 Å². The van der Waals surface area contributed by atoms with Crippen LogP contribution in [0, 0.1) is 0 Å². The van der Waals surface area contributed by atoms with Crippen molar-refractivity contribution in [2.75, 3.05) is 23.7 Å². The summed E-state index contributed by atoms with van der Waals surface area (Å²) >= 11 is 6.12.